The lowest BCUT2D eigenvalue weighted by Gasteiger charge is -2.37. The monoisotopic (exact) mass is 673 g/mol. The Hall–Kier alpha value is -4.25. The van der Waals surface area contributed by atoms with Gasteiger partial charge in [-0.1, -0.05) is 48.0 Å². The molecule has 0 spiro atoms. The summed E-state index contributed by atoms with van der Waals surface area (Å²) in [5, 5.41) is 6.21. The summed E-state index contributed by atoms with van der Waals surface area (Å²) in [7, 11) is 3.15. The van der Waals surface area contributed by atoms with E-state index in [9.17, 15) is 4.79 Å². The summed E-state index contributed by atoms with van der Waals surface area (Å²) in [6.45, 7) is 5.63. The number of rotatable bonds is 11. The molecule has 1 fully saturated rings. The van der Waals surface area contributed by atoms with Crippen molar-refractivity contribution < 1.29 is 14.3 Å². The molecular formula is C35H37Cl2N7O3. The summed E-state index contributed by atoms with van der Waals surface area (Å²) < 4.78 is 13.7. The van der Waals surface area contributed by atoms with Crippen LogP contribution in [0.5, 0.6) is 11.8 Å². The number of amides is 1. The minimum Gasteiger partial charge on any atom is -0.480 e. The Morgan fingerprint density at radius 1 is 1.00 bits per heavy atom. The molecule has 2 N–H and O–H groups in total. The van der Waals surface area contributed by atoms with Crippen molar-refractivity contribution in [3.8, 4) is 11.8 Å². The molecule has 6 rings (SSSR count). The zero-order chi connectivity index (χ0) is 33.1. The summed E-state index contributed by atoms with van der Waals surface area (Å²) in [5.41, 5.74) is 5.08. The number of methoxy groups -OCH3 is 2. The smallest absolute Gasteiger partial charge is 0.237 e. The first-order valence-electron chi connectivity index (χ1n) is 15.5. The second-order valence-corrected chi connectivity index (χ2v) is 12.6. The van der Waals surface area contributed by atoms with Gasteiger partial charge >= 0.3 is 0 Å². The van der Waals surface area contributed by atoms with Gasteiger partial charge in [0, 0.05) is 42.0 Å². The van der Waals surface area contributed by atoms with Gasteiger partial charge < -0.3 is 24.7 Å². The molecule has 3 atom stereocenters. The van der Waals surface area contributed by atoms with Gasteiger partial charge in [0.2, 0.25) is 17.7 Å². The first-order valence-corrected chi connectivity index (χ1v) is 16.3. The van der Waals surface area contributed by atoms with Gasteiger partial charge in [0.25, 0.3) is 0 Å². The van der Waals surface area contributed by atoms with Gasteiger partial charge in [-0.25, -0.2) is 9.97 Å². The molecule has 4 aromatic rings. The van der Waals surface area contributed by atoms with Crippen LogP contribution in [0, 0.1) is 13.8 Å². The first-order chi connectivity index (χ1) is 22.7. The maximum atomic E-state index is 11.6. The summed E-state index contributed by atoms with van der Waals surface area (Å²) >= 11 is 14.2. The molecule has 0 bridgehead atoms. The summed E-state index contributed by atoms with van der Waals surface area (Å²) in [6.07, 6.45) is 10.7. The molecule has 1 saturated heterocycles. The lowest BCUT2D eigenvalue weighted by Crippen LogP contribution is -2.40. The quantitative estimate of drug-likeness (QED) is 0.206. The van der Waals surface area contributed by atoms with E-state index >= 15 is 0 Å². The number of hydrogen-bond donors (Lipinski definition) is 2. The van der Waals surface area contributed by atoms with Crippen molar-refractivity contribution in [2.24, 2.45) is 0 Å². The number of aromatic nitrogens is 5. The highest BCUT2D eigenvalue weighted by atomic mass is 35.5. The Labute approximate surface area is 284 Å². The molecule has 244 valence electrons. The molecule has 0 radical (unpaired) electrons. The van der Waals surface area contributed by atoms with Crippen LogP contribution in [0.4, 0.5) is 0 Å². The van der Waals surface area contributed by atoms with Crippen LogP contribution >= 0.6 is 23.2 Å². The summed E-state index contributed by atoms with van der Waals surface area (Å²) in [6, 6.07) is 11.8. The Bertz CT molecular complexity index is 1840. The molecule has 1 aromatic carbocycles. The molecule has 0 saturated carbocycles. The van der Waals surface area contributed by atoms with Gasteiger partial charge in [0.15, 0.2) is 0 Å². The highest BCUT2D eigenvalue weighted by Crippen LogP contribution is 2.48. The first kappa shape index (κ1) is 32.7. The van der Waals surface area contributed by atoms with Crippen molar-refractivity contribution in [2.75, 3.05) is 20.8 Å². The van der Waals surface area contributed by atoms with Crippen LogP contribution in [-0.2, 0) is 23.3 Å². The number of carbonyl (C=O) groups excluding carboxylic acids is 1. The standard InChI is InChI=1S/C35H37Cl2N7O3/c1-21-11-12-22(2)44(21)20-28-34(47-4)43-30(19-40-28)35(15-7-9-25(32(35)37)24-8-5-6-10-26(24)36)29-18-39-27(33(42-29)46-3)17-38-16-23-13-14-31(45)41-23/h5-12,15,18-19,23,32,38H,13-14,16-17,20H2,1-4H3,(H,41,45)/t23-,32?,35?/m0/s1. The van der Waals surface area contributed by atoms with Gasteiger partial charge in [-0.15, -0.1) is 11.6 Å². The van der Waals surface area contributed by atoms with Crippen LogP contribution < -0.4 is 20.1 Å². The van der Waals surface area contributed by atoms with Crippen LogP contribution in [0.2, 0.25) is 5.02 Å². The second kappa shape index (κ2) is 13.9. The predicted molar refractivity (Wildman–Crippen MR) is 182 cm³/mol. The highest BCUT2D eigenvalue weighted by Gasteiger charge is 2.47. The number of aryl methyl sites for hydroxylation is 2. The molecule has 47 heavy (non-hydrogen) atoms. The van der Waals surface area contributed by atoms with E-state index in [1.54, 1.807) is 26.6 Å². The minimum atomic E-state index is -1.12. The number of alkyl halides is 1. The fraction of sp³-hybridized carbons (Fsp3) is 0.343. The molecule has 4 heterocycles. The van der Waals surface area contributed by atoms with Crippen LogP contribution in [0.25, 0.3) is 5.57 Å². The van der Waals surface area contributed by atoms with E-state index in [1.807, 2.05) is 42.5 Å². The van der Waals surface area contributed by atoms with E-state index in [-0.39, 0.29) is 11.9 Å². The number of ether oxygens (including phenoxy) is 2. The molecular weight excluding hydrogens is 637 g/mol. The van der Waals surface area contributed by atoms with E-state index in [2.05, 4.69) is 41.2 Å². The Balaban J connectivity index is 1.41. The summed E-state index contributed by atoms with van der Waals surface area (Å²) in [5.74, 6) is 0.819. The molecule has 10 nitrogen and oxygen atoms in total. The molecule has 2 unspecified atom stereocenters. The average molecular weight is 675 g/mol. The number of nitrogens with one attached hydrogen (secondary N) is 2. The number of hydrogen-bond acceptors (Lipinski definition) is 8. The molecule has 1 aliphatic heterocycles. The van der Waals surface area contributed by atoms with E-state index in [0.717, 1.165) is 28.9 Å². The number of benzene rings is 1. The van der Waals surface area contributed by atoms with Crippen molar-refractivity contribution in [3.05, 3.63) is 112 Å². The fourth-order valence-electron chi connectivity index (χ4n) is 6.24. The number of halogens is 2. The molecule has 1 amide bonds. The van der Waals surface area contributed by atoms with Crippen molar-refractivity contribution >= 4 is 34.7 Å². The van der Waals surface area contributed by atoms with Gasteiger partial charge in [-0.3, -0.25) is 14.8 Å². The van der Waals surface area contributed by atoms with E-state index in [0.29, 0.717) is 65.6 Å². The van der Waals surface area contributed by atoms with E-state index < -0.39 is 10.8 Å². The molecule has 1 aliphatic carbocycles. The lowest BCUT2D eigenvalue weighted by molar-refractivity contribution is -0.119. The van der Waals surface area contributed by atoms with Crippen LogP contribution in [0.1, 0.15) is 52.6 Å². The van der Waals surface area contributed by atoms with Crippen molar-refractivity contribution in [3.63, 3.8) is 0 Å². The molecule has 3 aromatic heterocycles. The zero-order valence-corrected chi connectivity index (χ0v) is 28.3. The van der Waals surface area contributed by atoms with E-state index in [1.165, 1.54) is 0 Å². The minimum absolute atomic E-state index is 0.0768. The number of nitrogens with zero attached hydrogens (tertiary/aromatic N) is 5. The Morgan fingerprint density at radius 2 is 1.66 bits per heavy atom. The summed E-state index contributed by atoms with van der Waals surface area (Å²) in [4.78, 5) is 31.3. The second-order valence-electron chi connectivity index (χ2n) is 11.8. The van der Waals surface area contributed by atoms with Crippen LogP contribution in [0.15, 0.2) is 67.0 Å². The maximum Gasteiger partial charge on any atom is 0.237 e. The Kier molecular flexibility index (Phi) is 9.63. The van der Waals surface area contributed by atoms with Crippen LogP contribution in [0.3, 0.4) is 0 Å². The Morgan fingerprint density at radius 3 is 2.30 bits per heavy atom. The molecule has 12 heteroatoms. The fourth-order valence-corrected chi connectivity index (χ4v) is 6.98. The van der Waals surface area contributed by atoms with Crippen LogP contribution in [-0.4, -0.2) is 62.6 Å². The average Bonchev–Trinajstić information content (AvgIpc) is 3.65. The largest absolute Gasteiger partial charge is 0.480 e. The number of carbonyl (C=O) groups is 1. The predicted octanol–water partition coefficient (Wildman–Crippen LogP) is 5.32. The van der Waals surface area contributed by atoms with Crippen molar-refractivity contribution in [1.29, 1.82) is 0 Å². The number of allylic oxidation sites excluding steroid dienone is 4. The van der Waals surface area contributed by atoms with Gasteiger partial charge in [-0.2, -0.15) is 0 Å². The van der Waals surface area contributed by atoms with E-state index in [4.69, 9.17) is 52.6 Å². The van der Waals surface area contributed by atoms with Gasteiger partial charge in [-0.05, 0) is 49.6 Å². The normalized spacial score (nSPS) is 20.6. The third kappa shape index (κ3) is 6.37. The van der Waals surface area contributed by atoms with Gasteiger partial charge in [0.05, 0.1) is 55.3 Å². The third-order valence-electron chi connectivity index (χ3n) is 8.84. The molecule has 2 aliphatic rings. The third-order valence-corrected chi connectivity index (χ3v) is 9.75. The van der Waals surface area contributed by atoms with Crippen molar-refractivity contribution in [1.82, 2.24) is 35.1 Å². The lowest BCUT2D eigenvalue weighted by atomic mass is 9.71. The van der Waals surface area contributed by atoms with Gasteiger partial charge in [0.1, 0.15) is 11.4 Å². The zero-order valence-electron chi connectivity index (χ0n) is 26.8. The highest BCUT2D eigenvalue weighted by molar-refractivity contribution is 6.34. The SMILES string of the molecule is COc1nc(C2(c3cnc(Cn4c(C)ccc4C)c(OC)n3)C=CC=C(c3ccccc3Cl)C2Cl)cnc1CNC[C@@H]1CCC(=O)N1. The maximum absolute atomic E-state index is 11.6. The van der Waals surface area contributed by atoms with Crippen molar-refractivity contribution in [2.45, 2.75) is 56.6 Å². The topological polar surface area (TPSA) is 116 Å².